The quantitative estimate of drug-likeness (QED) is 0.380. The highest BCUT2D eigenvalue weighted by Crippen LogP contribution is 2.05. The van der Waals surface area contributed by atoms with Gasteiger partial charge in [0.25, 0.3) is 0 Å². The van der Waals surface area contributed by atoms with Gasteiger partial charge in [-0.25, -0.2) is 21.6 Å². The molecule has 0 radical (unpaired) electrons. The molecular formula is C6H15NO7S2. The molecule has 0 rings (SSSR count). The van der Waals surface area contributed by atoms with Crippen molar-refractivity contribution in [2.24, 2.45) is 0 Å². The fraction of sp³-hybridized carbons (Fsp3) is 1.00. The van der Waals surface area contributed by atoms with Crippen LogP contribution in [0.3, 0.4) is 0 Å². The van der Waals surface area contributed by atoms with Gasteiger partial charge in [-0.1, -0.05) is 0 Å². The Hall–Kier alpha value is -0.260. The van der Waals surface area contributed by atoms with Gasteiger partial charge >= 0.3 is 0 Å². The van der Waals surface area contributed by atoms with Crippen molar-refractivity contribution in [3.05, 3.63) is 0 Å². The summed E-state index contributed by atoms with van der Waals surface area (Å²) in [6.07, 6.45) is 0.727. The molecule has 0 aliphatic carbocycles. The molecule has 98 valence electrons. The second kappa shape index (κ2) is 5.38. The third-order valence-corrected chi connectivity index (χ3v) is 5.35. The SMILES string of the molecule is CS(=O)(=O)CS(=O)(=O)NC(CO)(CO)CO. The Morgan fingerprint density at radius 3 is 1.62 bits per heavy atom. The Labute approximate surface area is 93.9 Å². The summed E-state index contributed by atoms with van der Waals surface area (Å²) in [5.74, 6) is 0. The Bertz CT molecular complexity index is 400. The van der Waals surface area contributed by atoms with E-state index in [-0.39, 0.29) is 0 Å². The van der Waals surface area contributed by atoms with Gasteiger partial charge in [-0.05, 0) is 0 Å². The smallest absolute Gasteiger partial charge is 0.226 e. The van der Waals surface area contributed by atoms with Crippen LogP contribution in [-0.2, 0) is 19.9 Å². The lowest BCUT2D eigenvalue weighted by molar-refractivity contribution is 0.0583. The molecule has 0 spiro atoms. The van der Waals surface area contributed by atoms with Crippen molar-refractivity contribution >= 4 is 19.9 Å². The molecule has 0 heterocycles. The van der Waals surface area contributed by atoms with Crippen molar-refractivity contribution in [3.8, 4) is 0 Å². The molecule has 0 bridgehead atoms. The summed E-state index contributed by atoms with van der Waals surface area (Å²) in [5.41, 5.74) is -1.86. The number of sulfonamides is 1. The van der Waals surface area contributed by atoms with E-state index in [1.165, 1.54) is 0 Å². The van der Waals surface area contributed by atoms with Gasteiger partial charge < -0.3 is 15.3 Å². The monoisotopic (exact) mass is 277 g/mol. The second-order valence-electron chi connectivity index (χ2n) is 3.52. The van der Waals surface area contributed by atoms with Crippen LogP contribution in [-0.4, -0.2) is 68.9 Å². The average Bonchev–Trinajstić information content (AvgIpc) is 2.10. The topological polar surface area (TPSA) is 141 Å². The lowest BCUT2D eigenvalue weighted by Gasteiger charge is -2.27. The van der Waals surface area contributed by atoms with E-state index in [4.69, 9.17) is 15.3 Å². The molecule has 8 nitrogen and oxygen atoms in total. The van der Waals surface area contributed by atoms with Gasteiger partial charge in [-0.3, -0.25) is 0 Å². The van der Waals surface area contributed by atoms with Crippen LogP contribution in [0.25, 0.3) is 0 Å². The summed E-state index contributed by atoms with van der Waals surface area (Å²) < 4.78 is 46.0. The van der Waals surface area contributed by atoms with Crippen molar-refractivity contribution in [2.75, 3.05) is 31.2 Å². The minimum Gasteiger partial charge on any atom is -0.394 e. The number of aliphatic hydroxyl groups is 3. The molecule has 10 heteroatoms. The van der Waals surface area contributed by atoms with Crippen molar-refractivity contribution in [3.63, 3.8) is 0 Å². The molecule has 0 atom stereocenters. The summed E-state index contributed by atoms with van der Waals surface area (Å²) in [7, 11) is -8.03. The molecule has 0 fully saturated rings. The molecule has 0 amide bonds. The van der Waals surface area contributed by atoms with E-state index >= 15 is 0 Å². The number of rotatable bonds is 7. The number of hydrogen-bond donors (Lipinski definition) is 4. The van der Waals surface area contributed by atoms with Crippen LogP contribution < -0.4 is 4.72 Å². The highest BCUT2D eigenvalue weighted by molar-refractivity contribution is 8.06. The Kier molecular flexibility index (Phi) is 5.29. The Morgan fingerprint density at radius 1 is 1.00 bits per heavy atom. The Balaban J connectivity index is 4.95. The number of sulfone groups is 1. The molecule has 0 aliphatic rings. The third-order valence-electron chi connectivity index (χ3n) is 1.65. The van der Waals surface area contributed by atoms with Gasteiger partial charge in [0.15, 0.2) is 14.9 Å². The van der Waals surface area contributed by atoms with Crippen LogP contribution >= 0.6 is 0 Å². The van der Waals surface area contributed by atoms with Crippen LogP contribution in [0.5, 0.6) is 0 Å². The minimum absolute atomic E-state index is 0.727. The molecule has 16 heavy (non-hydrogen) atoms. The van der Waals surface area contributed by atoms with E-state index in [0.29, 0.717) is 0 Å². The predicted octanol–water partition coefficient (Wildman–Crippen LogP) is -3.38. The maximum absolute atomic E-state index is 11.3. The Morgan fingerprint density at radius 2 is 1.38 bits per heavy atom. The first-order chi connectivity index (χ1) is 7.10. The summed E-state index contributed by atoms with van der Waals surface area (Å²) >= 11 is 0. The molecule has 0 aromatic carbocycles. The third kappa shape index (κ3) is 5.18. The van der Waals surface area contributed by atoms with E-state index in [2.05, 4.69) is 0 Å². The van der Waals surface area contributed by atoms with Crippen LogP contribution in [0.1, 0.15) is 0 Å². The molecule has 0 saturated carbocycles. The molecule has 0 saturated heterocycles. The summed E-state index contributed by atoms with van der Waals surface area (Å²) in [6.45, 7) is -2.57. The van der Waals surface area contributed by atoms with Crippen LogP contribution in [0, 0.1) is 0 Å². The van der Waals surface area contributed by atoms with Gasteiger partial charge in [-0.2, -0.15) is 0 Å². The lowest BCUT2D eigenvalue weighted by atomic mass is 10.1. The highest BCUT2D eigenvalue weighted by Gasteiger charge is 2.34. The van der Waals surface area contributed by atoms with Crippen molar-refractivity contribution in [2.45, 2.75) is 5.54 Å². The summed E-state index contributed by atoms with van der Waals surface area (Å²) in [5, 5.41) is 25.3. The summed E-state index contributed by atoms with van der Waals surface area (Å²) in [4.78, 5) is 0. The molecule has 0 aliphatic heterocycles. The normalized spacial score (nSPS) is 14.0. The molecule has 0 aromatic heterocycles. The van der Waals surface area contributed by atoms with Crippen LogP contribution in [0.4, 0.5) is 0 Å². The molecular weight excluding hydrogens is 262 g/mol. The lowest BCUT2D eigenvalue weighted by Crippen LogP contribution is -2.57. The second-order valence-corrected chi connectivity index (χ2v) is 7.74. The highest BCUT2D eigenvalue weighted by atomic mass is 32.3. The van der Waals surface area contributed by atoms with Gasteiger partial charge in [-0.15, -0.1) is 0 Å². The van der Waals surface area contributed by atoms with Crippen molar-refractivity contribution < 1.29 is 32.2 Å². The van der Waals surface area contributed by atoms with Crippen molar-refractivity contribution in [1.82, 2.24) is 4.72 Å². The largest absolute Gasteiger partial charge is 0.394 e. The predicted molar refractivity (Wildman–Crippen MR) is 55.8 cm³/mol. The zero-order valence-corrected chi connectivity index (χ0v) is 10.3. The van der Waals surface area contributed by atoms with Gasteiger partial charge in [0.1, 0.15) is 5.54 Å². The van der Waals surface area contributed by atoms with Gasteiger partial charge in [0, 0.05) is 6.26 Å². The molecule has 0 unspecified atom stereocenters. The summed E-state index contributed by atoms with van der Waals surface area (Å²) in [6, 6.07) is 0. The number of nitrogens with one attached hydrogen (secondary N) is 1. The van der Waals surface area contributed by atoms with Crippen LogP contribution in [0.2, 0.25) is 0 Å². The van der Waals surface area contributed by atoms with Crippen LogP contribution in [0.15, 0.2) is 0 Å². The fourth-order valence-electron chi connectivity index (χ4n) is 0.888. The van der Waals surface area contributed by atoms with E-state index in [1.807, 2.05) is 0 Å². The number of aliphatic hydroxyl groups excluding tert-OH is 3. The first-order valence-electron chi connectivity index (χ1n) is 4.12. The number of hydrogen-bond acceptors (Lipinski definition) is 7. The van der Waals surface area contributed by atoms with E-state index < -0.39 is 50.3 Å². The first-order valence-corrected chi connectivity index (χ1v) is 7.83. The molecule has 0 aromatic rings. The standard InChI is InChI=1S/C6H15NO7S2/c1-15(11,12)5-16(13,14)7-6(2-8,3-9)4-10/h7-10H,2-5H2,1H3. The zero-order chi connectivity index (χ0) is 13.0. The van der Waals surface area contributed by atoms with E-state index in [1.54, 1.807) is 4.72 Å². The first kappa shape index (κ1) is 15.7. The average molecular weight is 277 g/mol. The van der Waals surface area contributed by atoms with Gasteiger partial charge in [0.05, 0.1) is 19.8 Å². The maximum Gasteiger partial charge on any atom is 0.226 e. The minimum atomic E-state index is -4.25. The zero-order valence-electron chi connectivity index (χ0n) is 8.62. The molecule has 4 N–H and O–H groups in total. The fourth-order valence-corrected chi connectivity index (χ4v) is 4.23. The van der Waals surface area contributed by atoms with Crippen molar-refractivity contribution in [1.29, 1.82) is 0 Å². The van der Waals surface area contributed by atoms with E-state index in [9.17, 15) is 16.8 Å². The van der Waals surface area contributed by atoms with E-state index in [0.717, 1.165) is 6.26 Å². The maximum atomic E-state index is 11.3. The van der Waals surface area contributed by atoms with Gasteiger partial charge in [0.2, 0.25) is 10.0 Å².